The number of nitrogens with one attached hydrogen (secondary N) is 2. The van der Waals surface area contributed by atoms with E-state index in [9.17, 15) is 4.79 Å². The summed E-state index contributed by atoms with van der Waals surface area (Å²) in [6, 6.07) is 0.900. The average molecular weight is 290 g/mol. The van der Waals surface area contributed by atoms with Crippen LogP contribution in [-0.2, 0) is 4.79 Å². The minimum Gasteiger partial charge on any atom is -0.352 e. The molecule has 0 aromatic heterocycles. The van der Waals surface area contributed by atoms with E-state index >= 15 is 0 Å². The predicted octanol–water partition coefficient (Wildman–Crippen LogP) is 1.54. The molecule has 1 atom stereocenters. The van der Waals surface area contributed by atoms with E-state index in [1.807, 2.05) is 0 Å². The van der Waals surface area contributed by atoms with Gasteiger partial charge in [0.25, 0.3) is 0 Å². The molecule has 2 fully saturated rings. The molecule has 0 spiro atoms. The van der Waals surface area contributed by atoms with Crippen LogP contribution < -0.4 is 10.6 Å². The topological polar surface area (TPSA) is 44.4 Å². The summed E-state index contributed by atoms with van der Waals surface area (Å²) in [5.74, 6) is 0.218. The van der Waals surface area contributed by atoms with E-state index in [1.165, 1.54) is 38.5 Å². The standard InChI is InChI=1S/C14H27N3O.ClH/c1-12-10-15-8-9-17(12)11-14(18)16-13-6-4-2-3-5-7-13;/h12-13,15H,2-11H2,1H3,(H,16,18);1H/t12-;/m0./s1. The maximum Gasteiger partial charge on any atom is 0.234 e. The molecule has 1 saturated carbocycles. The second kappa shape index (κ2) is 8.77. The fraction of sp³-hybridized carbons (Fsp3) is 0.929. The number of amides is 1. The number of nitrogens with zero attached hydrogens (tertiary/aromatic N) is 1. The third kappa shape index (κ3) is 5.67. The summed E-state index contributed by atoms with van der Waals surface area (Å²) in [5, 5.41) is 6.58. The fourth-order valence-electron chi connectivity index (χ4n) is 3.00. The molecule has 1 aliphatic carbocycles. The molecule has 19 heavy (non-hydrogen) atoms. The van der Waals surface area contributed by atoms with Gasteiger partial charge in [0, 0.05) is 31.7 Å². The third-order valence-electron chi connectivity index (χ3n) is 4.21. The van der Waals surface area contributed by atoms with Crippen molar-refractivity contribution in [3.8, 4) is 0 Å². The Labute approximate surface area is 123 Å². The minimum absolute atomic E-state index is 0. The molecule has 0 unspecified atom stereocenters. The number of carbonyl (C=O) groups is 1. The SMILES string of the molecule is C[C@H]1CNCCN1CC(=O)NC1CCCCCC1.Cl. The van der Waals surface area contributed by atoms with Crippen molar-refractivity contribution >= 4 is 18.3 Å². The molecule has 0 aromatic rings. The Kier molecular flexibility index (Phi) is 7.73. The summed E-state index contributed by atoms with van der Waals surface area (Å²) in [6.45, 7) is 5.74. The van der Waals surface area contributed by atoms with Crippen LogP contribution in [0, 0.1) is 0 Å². The smallest absolute Gasteiger partial charge is 0.234 e. The number of carbonyl (C=O) groups excluding carboxylic acids is 1. The molecule has 4 nitrogen and oxygen atoms in total. The van der Waals surface area contributed by atoms with E-state index < -0.39 is 0 Å². The van der Waals surface area contributed by atoms with Crippen molar-refractivity contribution in [3.63, 3.8) is 0 Å². The number of hydrogen-bond donors (Lipinski definition) is 2. The Balaban J connectivity index is 0.00000180. The molecule has 1 aliphatic heterocycles. The van der Waals surface area contributed by atoms with Gasteiger partial charge in [-0.2, -0.15) is 0 Å². The molecule has 112 valence electrons. The highest BCUT2D eigenvalue weighted by atomic mass is 35.5. The van der Waals surface area contributed by atoms with Crippen molar-refractivity contribution in [3.05, 3.63) is 0 Å². The highest BCUT2D eigenvalue weighted by Gasteiger charge is 2.21. The number of rotatable bonds is 3. The van der Waals surface area contributed by atoms with Crippen molar-refractivity contribution in [2.45, 2.75) is 57.5 Å². The quantitative estimate of drug-likeness (QED) is 0.775. The van der Waals surface area contributed by atoms with Crippen LogP contribution in [0.5, 0.6) is 0 Å². The molecule has 1 amide bonds. The van der Waals surface area contributed by atoms with Crippen LogP contribution in [0.4, 0.5) is 0 Å². The lowest BCUT2D eigenvalue weighted by Crippen LogP contribution is -2.53. The van der Waals surface area contributed by atoms with Crippen molar-refractivity contribution in [2.75, 3.05) is 26.2 Å². The van der Waals surface area contributed by atoms with Crippen LogP contribution in [0.3, 0.4) is 0 Å². The number of halogens is 1. The lowest BCUT2D eigenvalue weighted by molar-refractivity contribution is -0.123. The summed E-state index contributed by atoms with van der Waals surface area (Å²) in [5.41, 5.74) is 0. The van der Waals surface area contributed by atoms with Gasteiger partial charge in [-0.25, -0.2) is 0 Å². The van der Waals surface area contributed by atoms with Crippen molar-refractivity contribution < 1.29 is 4.79 Å². The summed E-state index contributed by atoms with van der Waals surface area (Å²) < 4.78 is 0. The first-order valence-electron chi connectivity index (χ1n) is 7.50. The summed E-state index contributed by atoms with van der Waals surface area (Å²) in [4.78, 5) is 14.3. The van der Waals surface area contributed by atoms with Gasteiger partial charge in [-0.3, -0.25) is 9.69 Å². The van der Waals surface area contributed by atoms with Gasteiger partial charge >= 0.3 is 0 Å². The molecule has 1 heterocycles. The molecule has 0 radical (unpaired) electrons. The van der Waals surface area contributed by atoms with Gasteiger partial charge < -0.3 is 10.6 Å². The molecular weight excluding hydrogens is 262 g/mol. The minimum atomic E-state index is 0. The van der Waals surface area contributed by atoms with Gasteiger partial charge in [-0.15, -0.1) is 12.4 Å². The van der Waals surface area contributed by atoms with Crippen LogP contribution in [0.1, 0.15) is 45.4 Å². The van der Waals surface area contributed by atoms with E-state index in [0.29, 0.717) is 18.6 Å². The van der Waals surface area contributed by atoms with Crippen LogP contribution in [0.2, 0.25) is 0 Å². The molecule has 2 rings (SSSR count). The van der Waals surface area contributed by atoms with Crippen molar-refractivity contribution in [1.29, 1.82) is 0 Å². The molecular formula is C14H28ClN3O. The number of hydrogen-bond acceptors (Lipinski definition) is 3. The van der Waals surface area contributed by atoms with Crippen LogP contribution >= 0.6 is 12.4 Å². The third-order valence-corrected chi connectivity index (χ3v) is 4.21. The largest absolute Gasteiger partial charge is 0.352 e. The van der Waals surface area contributed by atoms with Gasteiger partial charge in [0.1, 0.15) is 0 Å². The molecule has 2 aliphatic rings. The van der Waals surface area contributed by atoms with Gasteiger partial charge in [0.2, 0.25) is 5.91 Å². The molecule has 1 saturated heterocycles. The zero-order valence-electron chi connectivity index (χ0n) is 12.0. The van der Waals surface area contributed by atoms with Gasteiger partial charge in [-0.1, -0.05) is 25.7 Å². The molecule has 2 N–H and O–H groups in total. The van der Waals surface area contributed by atoms with Gasteiger partial charge in [0.05, 0.1) is 6.54 Å². The number of piperazine rings is 1. The summed E-state index contributed by atoms with van der Waals surface area (Å²) in [6.07, 6.45) is 7.55. The highest BCUT2D eigenvalue weighted by Crippen LogP contribution is 2.17. The zero-order chi connectivity index (χ0) is 12.8. The lowest BCUT2D eigenvalue weighted by atomic mass is 10.1. The Hall–Kier alpha value is -0.320. The molecule has 5 heteroatoms. The Morgan fingerprint density at radius 1 is 1.26 bits per heavy atom. The Morgan fingerprint density at radius 3 is 2.58 bits per heavy atom. The van der Waals surface area contributed by atoms with Crippen LogP contribution in [-0.4, -0.2) is 49.1 Å². The first-order valence-corrected chi connectivity index (χ1v) is 7.50. The van der Waals surface area contributed by atoms with Gasteiger partial charge in [-0.05, 0) is 19.8 Å². The van der Waals surface area contributed by atoms with Crippen LogP contribution in [0.15, 0.2) is 0 Å². The summed E-state index contributed by atoms with van der Waals surface area (Å²) >= 11 is 0. The normalized spacial score (nSPS) is 26.3. The second-order valence-corrected chi connectivity index (χ2v) is 5.78. The van der Waals surface area contributed by atoms with E-state index in [1.54, 1.807) is 0 Å². The van der Waals surface area contributed by atoms with Gasteiger partial charge in [0.15, 0.2) is 0 Å². The molecule has 0 aromatic carbocycles. The monoisotopic (exact) mass is 289 g/mol. The van der Waals surface area contributed by atoms with E-state index in [4.69, 9.17) is 0 Å². The van der Waals surface area contributed by atoms with Crippen LogP contribution in [0.25, 0.3) is 0 Å². The first kappa shape index (κ1) is 16.7. The fourth-order valence-corrected chi connectivity index (χ4v) is 3.00. The highest BCUT2D eigenvalue weighted by molar-refractivity contribution is 5.85. The Morgan fingerprint density at radius 2 is 1.95 bits per heavy atom. The van der Waals surface area contributed by atoms with Crippen molar-refractivity contribution in [2.24, 2.45) is 0 Å². The van der Waals surface area contributed by atoms with E-state index in [0.717, 1.165) is 19.6 Å². The first-order chi connectivity index (χ1) is 8.75. The predicted molar refractivity (Wildman–Crippen MR) is 80.8 cm³/mol. The van der Waals surface area contributed by atoms with E-state index in [-0.39, 0.29) is 18.3 Å². The van der Waals surface area contributed by atoms with E-state index in [2.05, 4.69) is 22.5 Å². The maximum absolute atomic E-state index is 12.1. The lowest BCUT2D eigenvalue weighted by Gasteiger charge is -2.33. The maximum atomic E-state index is 12.1. The Bertz CT molecular complexity index is 267. The average Bonchev–Trinajstić information content (AvgIpc) is 2.61. The van der Waals surface area contributed by atoms with Crippen molar-refractivity contribution in [1.82, 2.24) is 15.5 Å². The molecule has 0 bridgehead atoms. The zero-order valence-corrected chi connectivity index (χ0v) is 12.8. The second-order valence-electron chi connectivity index (χ2n) is 5.78. The summed E-state index contributed by atoms with van der Waals surface area (Å²) in [7, 11) is 0.